The van der Waals surface area contributed by atoms with Crippen LogP contribution in [0.4, 0.5) is 14.5 Å². The molecule has 0 radical (unpaired) electrons. The summed E-state index contributed by atoms with van der Waals surface area (Å²) in [5, 5.41) is 2.74. The van der Waals surface area contributed by atoms with Crippen LogP contribution in [-0.2, 0) is 0 Å². The standard InChI is InChI=1S/C21H15F2NO2S/c22-16-8-4-14(5-9-16)20(25)13-27-19-3-1-2-18(12-19)24-21(26)15-6-10-17(23)11-7-15/h1-12H,13H2,(H,24,26). The van der Waals surface area contributed by atoms with Gasteiger partial charge in [0.05, 0.1) is 5.75 Å². The highest BCUT2D eigenvalue weighted by atomic mass is 32.2. The Balaban J connectivity index is 1.61. The van der Waals surface area contributed by atoms with Crippen molar-refractivity contribution >= 4 is 29.1 Å². The summed E-state index contributed by atoms with van der Waals surface area (Å²) in [5.74, 6) is -1.05. The van der Waals surface area contributed by atoms with E-state index in [1.807, 2.05) is 6.07 Å². The molecule has 6 heteroatoms. The Labute approximate surface area is 159 Å². The summed E-state index contributed by atoms with van der Waals surface area (Å²) in [5.41, 5.74) is 1.37. The second-order valence-electron chi connectivity index (χ2n) is 5.71. The molecule has 3 aromatic rings. The van der Waals surface area contributed by atoms with E-state index in [1.54, 1.807) is 18.2 Å². The van der Waals surface area contributed by atoms with Gasteiger partial charge in [-0.1, -0.05) is 6.07 Å². The molecule has 0 aliphatic heterocycles. The number of carbonyl (C=O) groups excluding carboxylic acids is 2. The fraction of sp³-hybridized carbons (Fsp3) is 0.0476. The summed E-state index contributed by atoms with van der Waals surface area (Å²) in [4.78, 5) is 25.2. The Morgan fingerprint density at radius 2 is 1.41 bits per heavy atom. The minimum atomic E-state index is -0.407. The van der Waals surface area contributed by atoms with E-state index in [4.69, 9.17) is 0 Å². The van der Waals surface area contributed by atoms with Gasteiger partial charge < -0.3 is 5.32 Å². The number of hydrogen-bond acceptors (Lipinski definition) is 3. The number of halogens is 2. The molecule has 0 aromatic heterocycles. The molecule has 0 heterocycles. The molecule has 0 bridgehead atoms. The highest BCUT2D eigenvalue weighted by Crippen LogP contribution is 2.23. The summed E-state index contributed by atoms with van der Waals surface area (Å²) < 4.78 is 25.9. The summed E-state index contributed by atoms with van der Waals surface area (Å²) in [6.45, 7) is 0. The van der Waals surface area contributed by atoms with Crippen LogP contribution in [0, 0.1) is 11.6 Å². The molecule has 0 spiro atoms. The molecule has 0 atom stereocenters. The van der Waals surface area contributed by atoms with Crippen molar-refractivity contribution in [3.63, 3.8) is 0 Å². The van der Waals surface area contributed by atoms with Crippen LogP contribution >= 0.6 is 11.8 Å². The number of anilines is 1. The molecule has 0 unspecified atom stereocenters. The van der Waals surface area contributed by atoms with E-state index in [-0.39, 0.29) is 23.3 Å². The van der Waals surface area contributed by atoms with Crippen LogP contribution in [0.1, 0.15) is 20.7 Å². The molecule has 0 aliphatic rings. The second kappa shape index (κ2) is 8.60. The lowest BCUT2D eigenvalue weighted by molar-refractivity contribution is 0.101. The van der Waals surface area contributed by atoms with Gasteiger partial charge in [-0.15, -0.1) is 11.8 Å². The maximum absolute atomic E-state index is 12.9. The number of hydrogen-bond donors (Lipinski definition) is 1. The maximum Gasteiger partial charge on any atom is 0.255 e. The topological polar surface area (TPSA) is 46.2 Å². The molecule has 0 saturated carbocycles. The maximum atomic E-state index is 12.9. The Morgan fingerprint density at radius 3 is 2.04 bits per heavy atom. The van der Waals surface area contributed by atoms with E-state index in [2.05, 4.69) is 5.32 Å². The van der Waals surface area contributed by atoms with Crippen LogP contribution in [0.25, 0.3) is 0 Å². The lowest BCUT2D eigenvalue weighted by atomic mass is 10.1. The van der Waals surface area contributed by atoms with Gasteiger partial charge >= 0.3 is 0 Å². The van der Waals surface area contributed by atoms with E-state index in [1.165, 1.54) is 60.3 Å². The Kier molecular flexibility index (Phi) is 5.98. The average molecular weight is 383 g/mol. The average Bonchev–Trinajstić information content (AvgIpc) is 2.67. The summed E-state index contributed by atoms with van der Waals surface area (Å²) in [6.07, 6.45) is 0. The van der Waals surface area contributed by atoms with Gasteiger partial charge in [-0.2, -0.15) is 0 Å². The quantitative estimate of drug-likeness (QED) is 0.471. The fourth-order valence-corrected chi connectivity index (χ4v) is 3.19. The first-order valence-electron chi connectivity index (χ1n) is 8.10. The van der Waals surface area contributed by atoms with E-state index < -0.39 is 5.82 Å². The number of ketones is 1. The fourth-order valence-electron chi connectivity index (χ4n) is 2.34. The third-order valence-corrected chi connectivity index (χ3v) is 4.73. The summed E-state index contributed by atoms with van der Waals surface area (Å²) >= 11 is 1.32. The highest BCUT2D eigenvalue weighted by Gasteiger charge is 2.09. The van der Waals surface area contributed by atoms with Crippen LogP contribution in [0.3, 0.4) is 0 Å². The molecule has 1 amide bonds. The molecule has 0 saturated heterocycles. The van der Waals surface area contributed by atoms with E-state index in [9.17, 15) is 18.4 Å². The van der Waals surface area contributed by atoms with E-state index >= 15 is 0 Å². The molecule has 27 heavy (non-hydrogen) atoms. The van der Waals surface area contributed by atoms with Gasteiger partial charge in [-0.05, 0) is 66.7 Å². The number of carbonyl (C=O) groups is 2. The van der Waals surface area contributed by atoms with Crippen LogP contribution in [-0.4, -0.2) is 17.4 Å². The third-order valence-electron chi connectivity index (χ3n) is 3.73. The number of benzene rings is 3. The number of nitrogens with one attached hydrogen (secondary N) is 1. The zero-order chi connectivity index (χ0) is 19.2. The molecule has 3 nitrogen and oxygen atoms in total. The third kappa shape index (κ3) is 5.24. The van der Waals surface area contributed by atoms with Gasteiger partial charge in [0.15, 0.2) is 5.78 Å². The largest absolute Gasteiger partial charge is 0.322 e. The highest BCUT2D eigenvalue weighted by molar-refractivity contribution is 8.00. The van der Waals surface area contributed by atoms with Crippen molar-refractivity contribution in [2.75, 3.05) is 11.1 Å². The lowest BCUT2D eigenvalue weighted by Crippen LogP contribution is -2.11. The molecular weight excluding hydrogens is 368 g/mol. The summed E-state index contributed by atoms with van der Waals surface area (Å²) in [7, 11) is 0. The van der Waals surface area contributed by atoms with Gasteiger partial charge in [-0.3, -0.25) is 9.59 Å². The minimum Gasteiger partial charge on any atom is -0.322 e. The monoisotopic (exact) mass is 383 g/mol. The number of Topliss-reactive ketones (excluding diaryl/α,β-unsaturated/α-hetero) is 1. The van der Waals surface area contributed by atoms with Crippen molar-refractivity contribution in [2.45, 2.75) is 4.90 Å². The van der Waals surface area contributed by atoms with E-state index in [0.29, 0.717) is 16.8 Å². The Bertz CT molecular complexity index is 957. The predicted octanol–water partition coefficient (Wildman–Crippen LogP) is 5.19. The van der Waals surface area contributed by atoms with Gasteiger partial charge in [0.2, 0.25) is 0 Å². The predicted molar refractivity (Wildman–Crippen MR) is 102 cm³/mol. The van der Waals surface area contributed by atoms with Crippen molar-refractivity contribution < 1.29 is 18.4 Å². The lowest BCUT2D eigenvalue weighted by Gasteiger charge is -2.07. The molecule has 0 aliphatic carbocycles. The first-order chi connectivity index (χ1) is 13.0. The molecular formula is C21H15F2NO2S. The number of rotatable bonds is 6. The smallest absolute Gasteiger partial charge is 0.255 e. The zero-order valence-electron chi connectivity index (χ0n) is 14.1. The first kappa shape index (κ1) is 18.8. The first-order valence-corrected chi connectivity index (χ1v) is 9.08. The van der Waals surface area contributed by atoms with Crippen molar-refractivity contribution in [1.82, 2.24) is 0 Å². The van der Waals surface area contributed by atoms with Crippen LogP contribution in [0.15, 0.2) is 77.7 Å². The summed E-state index contributed by atoms with van der Waals surface area (Å²) in [6, 6.07) is 17.8. The molecule has 1 N–H and O–H groups in total. The minimum absolute atomic E-state index is 0.110. The van der Waals surface area contributed by atoms with Gasteiger partial charge in [0, 0.05) is 21.7 Å². The van der Waals surface area contributed by atoms with Crippen LogP contribution in [0.5, 0.6) is 0 Å². The van der Waals surface area contributed by atoms with Crippen molar-refractivity contribution in [3.8, 4) is 0 Å². The second-order valence-corrected chi connectivity index (χ2v) is 6.76. The van der Waals surface area contributed by atoms with Crippen molar-refractivity contribution in [3.05, 3.63) is 95.6 Å². The normalized spacial score (nSPS) is 10.4. The van der Waals surface area contributed by atoms with Crippen LogP contribution in [0.2, 0.25) is 0 Å². The van der Waals surface area contributed by atoms with Gasteiger partial charge in [0.1, 0.15) is 11.6 Å². The molecule has 136 valence electrons. The van der Waals surface area contributed by atoms with Gasteiger partial charge in [-0.25, -0.2) is 8.78 Å². The molecule has 3 rings (SSSR count). The van der Waals surface area contributed by atoms with Gasteiger partial charge in [0.25, 0.3) is 5.91 Å². The SMILES string of the molecule is O=C(CSc1cccc(NC(=O)c2ccc(F)cc2)c1)c1ccc(F)cc1. The Hall–Kier alpha value is -2.99. The van der Waals surface area contributed by atoms with E-state index in [0.717, 1.165) is 4.90 Å². The zero-order valence-corrected chi connectivity index (χ0v) is 14.9. The van der Waals surface area contributed by atoms with Crippen molar-refractivity contribution in [2.24, 2.45) is 0 Å². The number of amides is 1. The molecule has 0 fully saturated rings. The number of thioether (sulfide) groups is 1. The molecule has 3 aromatic carbocycles. The van der Waals surface area contributed by atoms with Crippen molar-refractivity contribution in [1.29, 1.82) is 0 Å². The Morgan fingerprint density at radius 1 is 0.815 bits per heavy atom. The van der Waals surface area contributed by atoms with Crippen LogP contribution < -0.4 is 5.32 Å².